The van der Waals surface area contributed by atoms with Crippen molar-refractivity contribution < 1.29 is 9.90 Å². The fourth-order valence-corrected chi connectivity index (χ4v) is 2.27. The first-order chi connectivity index (χ1) is 11.2. The lowest BCUT2D eigenvalue weighted by Gasteiger charge is -2.08. The molecule has 0 aliphatic rings. The maximum absolute atomic E-state index is 10.2. The standard InChI is InChI=1S/C21H32O2/c1-3-17-20(2)18-15-13-11-9-7-5-4-6-8-10-12-14-16-19-21(22)23/h4-8,10,12,14,16,19-20H,3,9,11,13,15,17-18H2,1-2H3,(H,22,23). The van der Waals surface area contributed by atoms with Crippen molar-refractivity contribution in [2.45, 2.75) is 58.8 Å². The smallest absolute Gasteiger partial charge is 0.328 e. The molecule has 0 saturated heterocycles. The number of carboxylic acid groups (broad SMARTS) is 1. The van der Waals surface area contributed by atoms with Crippen molar-refractivity contribution in [2.24, 2.45) is 5.92 Å². The minimum atomic E-state index is -0.931. The highest BCUT2D eigenvalue weighted by Crippen LogP contribution is 2.15. The van der Waals surface area contributed by atoms with E-state index in [-0.39, 0.29) is 0 Å². The fraction of sp³-hybridized carbons (Fsp3) is 0.476. The molecule has 0 aromatic carbocycles. The normalized spacial score (nSPS) is 14.2. The molecule has 0 amide bonds. The average molecular weight is 316 g/mol. The highest BCUT2D eigenvalue weighted by molar-refractivity contribution is 5.80. The van der Waals surface area contributed by atoms with Crippen LogP contribution in [0.2, 0.25) is 0 Å². The van der Waals surface area contributed by atoms with Crippen LogP contribution in [0.4, 0.5) is 0 Å². The summed E-state index contributed by atoms with van der Waals surface area (Å²) in [6.07, 6.45) is 27.3. The Hall–Kier alpha value is -1.83. The molecular weight excluding hydrogens is 284 g/mol. The van der Waals surface area contributed by atoms with E-state index in [0.29, 0.717) is 0 Å². The van der Waals surface area contributed by atoms with Crippen molar-refractivity contribution >= 4 is 5.97 Å². The second-order valence-corrected chi connectivity index (χ2v) is 5.81. The van der Waals surface area contributed by atoms with Gasteiger partial charge in [-0.2, -0.15) is 0 Å². The molecule has 0 rings (SSSR count). The third-order valence-corrected chi connectivity index (χ3v) is 3.50. The second kappa shape index (κ2) is 16.5. The van der Waals surface area contributed by atoms with Crippen molar-refractivity contribution in [2.75, 3.05) is 0 Å². The fourth-order valence-electron chi connectivity index (χ4n) is 2.27. The molecule has 0 aromatic heterocycles. The van der Waals surface area contributed by atoms with E-state index in [1.54, 1.807) is 12.2 Å². The van der Waals surface area contributed by atoms with Crippen LogP contribution in [-0.2, 0) is 4.79 Å². The van der Waals surface area contributed by atoms with Crippen molar-refractivity contribution in [1.29, 1.82) is 0 Å². The van der Waals surface area contributed by atoms with Gasteiger partial charge in [-0.15, -0.1) is 0 Å². The molecule has 0 aliphatic heterocycles. The first kappa shape index (κ1) is 21.2. The molecule has 23 heavy (non-hydrogen) atoms. The van der Waals surface area contributed by atoms with Crippen LogP contribution in [0.5, 0.6) is 0 Å². The zero-order chi connectivity index (χ0) is 17.2. The summed E-state index contributed by atoms with van der Waals surface area (Å²) in [5, 5.41) is 8.39. The summed E-state index contributed by atoms with van der Waals surface area (Å²) in [6, 6.07) is 0. The number of rotatable bonds is 13. The van der Waals surface area contributed by atoms with Crippen LogP contribution in [0.3, 0.4) is 0 Å². The first-order valence-corrected chi connectivity index (χ1v) is 8.73. The van der Waals surface area contributed by atoms with Crippen LogP contribution < -0.4 is 0 Å². The van der Waals surface area contributed by atoms with Gasteiger partial charge in [0.2, 0.25) is 0 Å². The SMILES string of the molecule is CCCC(C)CCCCCC=CC=CC=CC=CC=CC(=O)O. The Morgan fingerprint density at radius 3 is 2.09 bits per heavy atom. The predicted octanol–water partition coefficient (Wildman–Crippen LogP) is 6.24. The summed E-state index contributed by atoms with van der Waals surface area (Å²) in [4.78, 5) is 10.2. The van der Waals surface area contributed by atoms with Crippen LogP contribution in [-0.4, -0.2) is 11.1 Å². The minimum Gasteiger partial charge on any atom is -0.478 e. The molecule has 1 N–H and O–H groups in total. The summed E-state index contributed by atoms with van der Waals surface area (Å²) < 4.78 is 0. The molecule has 0 bridgehead atoms. The molecule has 2 heteroatoms. The third-order valence-electron chi connectivity index (χ3n) is 3.50. The molecule has 128 valence electrons. The van der Waals surface area contributed by atoms with Gasteiger partial charge in [-0.05, 0) is 18.8 Å². The van der Waals surface area contributed by atoms with E-state index in [4.69, 9.17) is 5.11 Å². The largest absolute Gasteiger partial charge is 0.478 e. The number of hydrogen-bond acceptors (Lipinski definition) is 1. The highest BCUT2D eigenvalue weighted by atomic mass is 16.4. The van der Waals surface area contributed by atoms with Crippen molar-refractivity contribution in [3.63, 3.8) is 0 Å². The lowest BCUT2D eigenvalue weighted by Crippen LogP contribution is -1.93. The van der Waals surface area contributed by atoms with Gasteiger partial charge < -0.3 is 5.11 Å². The van der Waals surface area contributed by atoms with E-state index in [9.17, 15) is 4.79 Å². The van der Waals surface area contributed by atoms with Gasteiger partial charge in [0.1, 0.15) is 0 Å². The van der Waals surface area contributed by atoms with Gasteiger partial charge in [0, 0.05) is 6.08 Å². The van der Waals surface area contributed by atoms with Gasteiger partial charge in [-0.3, -0.25) is 0 Å². The molecule has 0 spiro atoms. The van der Waals surface area contributed by atoms with Gasteiger partial charge in [0.25, 0.3) is 0 Å². The monoisotopic (exact) mass is 316 g/mol. The Bertz CT molecular complexity index is 425. The minimum absolute atomic E-state index is 0.888. The zero-order valence-corrected chi connectivity index (χ0v) is 14.7. The molecule has 0 saturated carbocycles. The van der Waals surface area contributed by atoms with E-state index < -0.39 is 5.97 Å². The lowest BCUT2D eigenvalue weighted by atomic mass is 9.98. The first-order valence-electron chi connectivity index (χ1n) is 8.73. The summed E-state index contributed by atoms with van der Waals surface area (Å²) in [5.74, 6) is -0.0435. The average Bonchev–Trinajstić information content (AvgIpc) is 2.51. The third kappa shape index (κ3) is 18.1. The Kier molecular flexibility index (Phi) is 15.2. The van der Waals surface area contributed by atoms with Crippen LogP contribution in [0, 0.1) is 5.92 Å². The van der Waals surface area contributed by atoms with E-state index >= 15 is 0 Å². The maximum Gasteiger partial charge on any atom is 0.328 e. The topological polar surface area (TPSA) is 37.3 Å². The van der Waals surface area contributed by atoms with Crippen LogP contribution in [0.25, 0.3) is 0 Å². The van der Waals surface area contributed by atoms with E-state index in [2.05, 4.69) is 26.0 Å². The van der Waals surface area contributed by atoms with Gasteiger partial charge >= 0.3 is 5.97 Å². The summed E-state index contributed by atoms with van der Waals surface area (Å²) in [6.45, 7) is 4.62. The van der Waals surface area contributed by atoms with Gasteiger partial charge in [0.15, 0.2) is 0 Å². The van der Waals surface area contributed by atoms with Gasteiger partial charge in [-0.25, -0.2) is 4.79 Å². The summed E-state index contributed by atoms with van der Waals surface area (Å²) >= 11 is 0. The molecule has 0 fully saturated rings. The van der Waals surface area contributed by atoms with Crippen LogP contribution >= 0.6 is 0 Å². The molecule has 2 nitrogen and oxygen atoms in total. The molecule has 0 aromatic rings. The van der Waals surface area contributed by atoms with E-state index in [0.717, 1.165) is 18.4 Å². The Labute approximate surface area is 142 Å². The molecule has 1 unspecified atom stereocenters. The Morgan fingerprint density at radius 1 is 0.870 bits per heavy atom. The summed E-state index contributed by atoms with van der Waals surface area (Å²) in [7, 11) is 0. The van der Waals surface area contributed by atoms with Crippen molar-refractivity contribution in [3.05, 3.63) is 60.8 Å². The quantitative estimate of drug-likeness (QED) is 0.248. The zero-order valence-electron chi connectivity index (χ0n) is 14.7. The Morgan fingerprint density at radius 2 is 1.48 bits per heavy atom. The number of carboxylic acids is 1. The van der Waals surface area contributed by atoms with Crippen LogP contribution in [0.15, 0.2) is 60.8 Å². The number of unbranched alkanes of at least 4 members (excludes halogenated alkanes) is 3. The number of carbonyl (C=O) groups is 1. The number of hydrogen-bond donors (Lipinski definition) is 1. The second-order valence-electron chi connectivity index (χ2n) is 5.81. The van der Waals surface area contributed by atoms with Gasteiger partial charge in [0.05, 0.1) is 0 Å². The predicted molar refractivity (Wildman–Crippen MR) is 100 cm³/mol. The van der Waals surface area contributed by atoms with Crippen molar-refractivity contribution in [3.8, 4) is 0 Å². The van der Waals surface area contributed by atoms with E-state index in [1.165, 1.54) is 44.6 Å². The Balaban J connectivity index is 3.57. The molecule has 0 aliphatic carbocycles. The molecule has 0 heterocycles. The summed E-state index contributed by atoms with van der Waals surface area (Å²) in [5.41, 5.74) is 0. The van der Waals surface area contributed by atoms with Crippen LogP contribution in [0.1, 0.15) is 58.8 Å². The van der Waals surface area contributed by atoms with Crippen molar-refractivity contribution in [1.82, 2.24) is 0 Å². The molecular formula is C21H32O2. The molecule has 1 atom stereocenters. The van der Waals surface area contributed by atoms with Gasteiger partial charge in [-0.1, -0.05) is 101 Å². The number of allylic oxidation sites excluding steroid dienone is 9. The molecule has 0 radical (unpaired) electrons. The van der Waals surface area contributed by atoms with E-state index in [1.807, 2.05) is 24.3 Å². The number of aliphatic carboxylic acids is 1. The maximum atomic E-state index is 10.2. The highest BCUT2D eigenvalue weighted by Gasteiger charge is 1.99. The lowest BCUT2D eigenvalue weighted by molar-refractivity contribution is -0.131.